The summed E-state index contributed by atoms with van der Waals surface area (Å²) >= 11 is 5.12. The predicted octanol–water partition coefficient (Wildman–Crippen LogP) is 4.20. The van der Waals surface area contributed by atoms with Crippen LogP contribution in [0.3, 0.4) is 0 Å². The Morgan fingerprint density at radius 2 is 2.06 bits per heavy atom. The predicted molar refractivity (Wildman–Crippen MR) is 71.3 cm³/mol. The van der Waals surface area contributed by atoms with E-state index in [0.29, 0.717) is 0 Å². The maximum absolute atomic E-state index is 5.36. The number of ether oxygens (including phenoxy) is 1. The van der Waals surface area contributed by atoms with Gasteiger partial charge >= 0.3 is 0 Å². The van der Waals surface area contributed by atoms with Crippen LogP contribution < -0.4 is 4.74 Å². The first-order valence-corrected chi connectivity index (χ1v) is 6.50. The molecule has 0 aliphatic rings. The van der Waals surface area contributed by atoms with E-state index in [-0.39, 0.29) is 0 Å². The van der Waals surface area contributed by atoms with Gasteiger partial charge in [0, 0.05) is 0 Å². The first kappa shape index (κ1) is 11.6. The van der Waals surface area contributed by atoms with Crippen molar-refractivity contribution >= 4 is 27.3 Å². The van der Waals surface area contributed by atoms with Gasteiger partial charge in [0.2, 0.25) is 0 Å². The van der Waals surface area contributed by atoms with Crippen LogP contribution in [0.4, 0.5) is 0 Å². The van der Waals surface area contributed by atoms with Crippen LogP contribution in [0.1, 0.15) is 11.3 Å². The molecule has 84 valence electrons. The minimum absolute atomic E-state index is 0.867. The van der Waals surface area contributed by atoms with E-state index in [0.717, 1.165) is 25.8 Å². The Morgan fingerprint density at radius 1 is 1.31 bits per heavy atom. The molecule has 0 atom stereocenters. The summed E-state index contributed by atoms with van der Waals surface area (Å²) in [6, 6.07) is 6.12. The van der Waals surface area contributed by atoms with Crippen molar-refractivity contribution < 1.29 is 4.74 Å². The number of hydrogen-bond donors (Lipinski definition) is 0. The summed E-state index contributed by atoms with van der Waals surface area (Å²) in [4.78, 5) is 4.52. The van der Waals surface area contributed by atoms with E-state index in [9.17, 15) is 0 Å². The number of hydrogen-bond acceptors (Lipinski definition) is 3. The highest BCUT2D eigenvalue weighted by Crippen LogP contribution is 2.36. The summed E-state index contributed by atoms with van der Waals surface area (Å²) in [5.74, 6) is 0.867. The molecule has 0 bridgehead atoms. The molecule has 0 aliphatic carbocycles. The fourth-order valence-electron chi connectivity index (χ4n) is 1.48. The van der Waals surface area contributed by atoms with Crippen LogP contribution in [0.25, 0.3) is 10.6 Å². The van der Waals surface area contributed by atoms with Gasteiger partial charge in [0.1, 0.15) is 10.8 Å². The minimum atomic E-state index is 0.867. The lowest BCUT2D eigenvalue weighted by atomic mass is 10.1. The second-order valence-corrected chi connectivity index (χ2v) is 5.90. The lowest BCUT2D eigenvalue weighted by Gasteiger charge is -2.06. The van der Waals surface area contributed by atoms with Gasteiger partial charge in [0.05, 0.1) is 22.2 Å². The van der Waals surface area contributed by atoms with Crippen molar-refractivity contribution in [3.63, 3.8) is 0 Å². The minimum Gasteiger partial charge on any atom is -0.496 e. The van der Waals surface area contributed by atoms with Crippen molar-refractivity contribution in [1.82, 2.24) is 4.98 Å². The summed E-state index contributed by atoms with van der Waals surface area (Å²) in [6.07, 6.45) is 0. The summed E-state index contributed by atoms with van der Waals surface area (Å²) in [5.41, 5.74) is 3.28. The number of nitrogens with zero attached hydrogens (tertiary/aromatic N) is 1. The molecule has 0 N–H and O–H groups in total. The van der Waals surface area contributed by atoms with Crippen molar-refractivity contribution in [2.24, 2.45) is 0 Å². The van der Waals surface area contributed by atoms with Crippen LogP contribution in [-0.2, 0) is 0 Å². The number of halogens is 1. The van der Waals surface area contributed by atoms with Crippen LogP contribution in [0, 0.1) is 13.8 Å². The third-order valence-electron chi connectivity index (χ3n) is 2.33. The first-order chi connectivity index (χ1) is 7.61. The number of benzene rings is 1. The quantitative estimate of drug-likeness (QED) is 0.829. The van der Waals surface area contributed by atoms with Crippen molar-refractivity contribution in [3.8, 4) is 16.3 Å². The smallest absolute Gasteiger partial charge is 0.129 e. The van der Waals surface area contributed by atoms with E-state index >= 15 is 0 Å². The molecular formula is C12H12BrNOS. The van der Waals surface area contributed by atoms with E-state index in [1.807, 2.05) is 19.1 Å². The highest BCUT2D eigenvalue weighted by atomic mass is 79.9. The molecule has 0 aliphatic heterocycles. The zero-order valence-corrected chi connectivity index (χ0v) is 11.8. The van der Waals surface area contributed by atoms with Gasteiger partial charge in [-0.05, 0) is 41.9 Å². The molecule has 2 aromatic rings. The Bertz CT molecular complexity index is 502. The van der Waals surface area contributed by atoms with E-state index in [1.165, 1.54) is 5.56 Å². The molecule has 1 aromatic heterocycles. The maximum atomic E-state index is 5.36. The Morgan fingerprint density at radius 3 is 2.62 bits per heavy atom. The Labute approximate surface area is 107 Å². The summed E-state index contributed by atoms with van der Waals surface area (Å²) in [5, 5.41) is 0.991. The highest BCUT2D eigenvalue weighted by Gasteiger charge is 2.12. The van der Waals surface area contributed by atoms with Gasteiger partial charge in [-0.3, -0.25) is 0 Å². The van der Waals surface area contributed by atoms with E-state index < -0.39 is 0 Å². The summed E-state index contributed by atoms with van der Waals surface area (Å²) < 4.78 is 6.43. The highest BCUT2D eigenvalue weighted by molar-refractivity contribution is 9.11. The van der Waals surface area contributed by atoms with Crippen LogP contribution in [0.2, 0.25) is 0 Å². The van der Waals surface area contributed by atoms with Gasteiger partial charge in [-0.25, -0.2) is 4.98 Å². The van der Waals surface area contributed by atoms with E-state index in [2.05, 4.69) is 33.9 Å². The van der Waals surface area contributed by atoms with E-state index in [1.54, 1.807) is 18.4 Å². The second kappa shape index (κ2) is 4.55. The molecule has 1 aromatic carbocycles. The average molecular weight is 298 g/mol. The van der Waals surface area contributed by atoms with Gasteiger partial charge in [0.15, 0.2) is 0 Å². The molecule has 0 unspecified atom stereocenters. The monoisotopic (exact) mass is 297 g/mol. The topological polar surface area (TPSA) is 22.1 Å². The number of methoxy groups -OCH3 is 1. The number of aromatic nitrogens is 1. The molecule has 4 heteroatoms. The van der Waals surface area contributed by atoms with Crippen LogP contribution in [0.5, 0.6) is 5.75 Å². The number of thiazole rings is 1. The molecular weight excluding hydrogens is 286 g/mol. The standard InChI is InChI=1S/C12H12BrNOS/c1-7-4-5-10(15-3)9(6-7)12-14-8(2)11(13)16-12/h4-6H,1-3H3. The normalized spacial score (nSPS) is 10.5. The molecule has 2 rings (SSSR count). The number of rotatable bonds is 2. The van der Waals surface area contributed by atoms with Crippen LogP contribution in [-0.4, -0.2) is 12.1 Å². The van der Waals surface area contributed by atoms with Gasteiger partial charge in [-0.1, -0.05) is 11.6 Å². The SMILES string of the molecule is COc1ccc(C)cc1-c1nc(C)c(Br)s1. The first-order valence-electron chi connectivity index (χ1n) is 4.89. The second-order valence-electron chi connectivity index (χ2n) is 3.58. The third kappa shape index (κ3) is 2.13. The van der Waals surface area contributed by atoms with E-state index in [4.69, 9.17) is 4.74 Å². The van der Waals surface area contributed by atoms with Crippen molar-refractivity contribution in [3.05, 3.63) is 33.2 Å². The molecule has 0 radical (unpaired) electrons. The maximum Gasteiger partial charge on any atom is 0.129 e. The Kier molecular flexibility index (Phi) is 3.30. The fraction of sp³-hybridized carbons (Fsp3) is 0.250. The lowest BCUT2D eigenvalue weighted by Crippen LogP contribution is -1.88. The molecule has 1 heterocycles. The van der Waals surface area contributed by atoms with Crippen molar-refractivity contribution in [2.75, 3.05) is 7.11 Å². The molecule has 0 spiro atoms. The average Bonchev–Trinajstić information content (AvgIpc) is 2.59. The van der Waals surface area contributed by atoms with Crippen molar-refractivity contribution in [2.45, 2.75) is 13.8 Å². The Balaban J connectivity index is 2.57. The van der Waals surface area contributed by atoms with Gasteiger partial charge in [0.25, 0.3) is 0 Å². The molecule has 0 saturated carbocycles. The largest absolute Gasteiger partial charge is 0.496 e. The Hall–Kier alpha value is -0.870. The third-order valence-corrected chi connectivity index (χ3v) is 4.36. The van der Waals surface area contributed by atoms with Gasteiger partial charge in [-0.2, -0.15) is 0 Å². The lowest BCUT2D eigenvalue weighted by molar-refractivity contribution is 0.416. The van der Waals surface area contributed by atoms with Crippen molar-refractivity contribution in [1.29, 1.82) is 0 Å². The summed E-state index contributed by atoms with van der Waals surface area (Å²) in [7, 11) is 1.68. The zero-order valence-electron chi connectivity index (χ0n) is 9.37. The molecule has 0 saturated heterocycles. The van der Waals surface area contributed by atoms with Crippen LogP contribution >= 0.6 is 27.3 Å². The van der Waals surface area contributed by atoms with Gasteiger partial charge in [-0.15, -0.1) is 11.3 Å². The fourth-order valence-corrected chi connectivity index (χ4v) is 2.85. The van der Waals surface area contributed by atoms with Crippen LogP contribution in [0.15, 0.2) is 22.0 Å². The zero-order chi connectivity index (χ0) is 11.7. The molecule has 0 amide bonds. The summed E-state index contributed by atoms with van der Waals surface area (Å²) in [6.45, 7) is 4.06. The molecule has 16 heavy (non-hydrogen) atoms. The van der Waals surface area contributed by atoms with Gasteiger partial charge < -0.3 is 4.74 Å². The molecule has 2 nitrogen and oxygen atoms in total. The number of aryl methyl sites for hydroxylation is 2. The molecule has 0 fully saturated rings.